The van der Waals surface area contributed by atoms with Crippen LogP contribution in [0.1, 0.15) is 47.0 Å². The highest BCUT2D eigenvalue weighted by atomic mass is 16.6. The van der Waals surface area contributed by atoms with Gasteiger partial charge in [0.1, 0.15) is 5.60 Å². The Labute approximate surface area is 122 Å². The molecule has 0 aromatic carbocycles. The third-order valence-electron chi connectivity index (χ3n) is 2.55. The largest absolute Gasteiger partial charge is 0.444 e. The Hall–Kier alpha value is -1.30. The first-order valence-electron chi connectivity index (χ1n) is 7.23. The fourth-order valence-corrected chi connectivity index (χ4v) is 1.52. The molecule has 2 amide bonds. The monoisotopic (exact) mass is 287 g/mol. The first-order chi connectivity index (χ1) is 9.26. The van der Waals surface area contributed by atoms with Crippen LogP contribution >= 0.6 is 0 Å². The molecule has 0 unspecified atom stereocenters. The molecule has 3 N–H and O–H groups in total. The fraction of sp³-hybridized carbons (Fsp3) is 0.857. The molecule has 20 heavy (non-hydrogen) atoms. The van der Waals surface area contributed by atoms with Crippen molar-refractivity contribution >= 4 is 12.0 Å². The predicted molar refractivity (Wildman–Crippen MR) is 79.4 cm³/mol. The van der Waals surface area contributed by atoms with Crippen molar-refractivity contribution in [3.63, 3.8) is 0 Å². The molecule has 1 aliphatic heterocycles. The number of nitrogens with zero attached hydrogens (tertiary/aromatic N) is 1. The number of carbonyl (C=O) groups is 2. The average Bonchev–Trinajstić information content (AvgIpc) is 2.36. The summed E-state index contributed by atoms with van der Waals surface area (Å²) in [5.41, 5.74) is 4.45. The summed E-state index contributed by atoms with van der Waals surface area (Å²) in [6.45, 7) is 10.9. The van der Waals surface area contributed by atoms with E-state index in [4.69, 9.17) is 10.5 Å². The van der Waals surface area contributed by atoms with Crippen LogP contribution in [0.25, 0.3) is 0 Å². The highest BCUT2D eigenvalue weighted by molar-refractivity contribution is 5.73. The zero-order valence-electron chi connectivity index (χ0n) is 13.2. The molecule has 0 bridgehead atoms. The van der Waals surface area contributed by atoms with Crippen LogP contribution in [-0.2, 0) is 9.53 Å². The third-order valence-corrected chi connectivity index (χ3v) is 2.55. The number of ether oxygens (including phenoxy) is 1. The molecular weight excluding hydrogens is 258 g/mol. The fourth-order valence-electron chi connectivity index (χ4n) is 1.52. The summed E-state index contributed by atoms with van der Waals surface area (Å²) in [4.78, 5) is 23.2. The summed E-state index contributed by atoms with van der Waals surface area (Å²) in [5.74, 6) is -0.193. The molecule has 6 nitrogen and oxygen atoms in total. The van der Waals surface area contributed by atoms with Crippen molar-refractivity contribution in [2.24, 2.45) is 5.73 Å². The minimum absolute atomic E-state index is 0.193. The van der Waals surface area contributed by atoms with Crippen molar-refractivity contribution in [1.82, 2.24) is 10.2 Å². The SMILES string of the molecule is CC(C)(C)OC(=O)N1CCNCC1.CCCCC(N)=O. The molecule has 0 saturated carbocycles. The lowest BCUT2D eigenvalue weighted by Crippen LogP contribution is -2.48. The van der Waals surface area contributed by atoms with Crippen LogP contribution in [0.4, 0.5) is 4.79 Å². The van der Waals surface area contributed by atoms with E-state index < -0.39 is 0 Å². The van der Waals surface area contributed by atoms with Gasteiger partial charge in [-0.15, -0.1) is 0 Å². The van der Waals surface area contributed by atoms with Crippen molar-refractivity contribution in [1.29, 1.82) is 0 Å². The van der Waals surface area contributed by atoms with Crippen LogP contribution in [-0.4, -0.2) is 48.7 Å². The molecule has 118 valence electrons. The van der Waals surface area contributed by atoms with Gasteiger partial charge in [0, 0.05) is 32.6 Å². The molecular formula is C14H29N3O3. The first-order valence-corrected chi connectivity index (χ1v) is 7.23. The Morgan fingerprint density at radius 3 is 2.15 bits per heavy atom. The quantitative estimate of drug-likeness (QED) is 0.823. The van der Waals surface area contributed by atoms with Gasteiger partial charge in [0.25, 0.3) is 0 Å². The van der Waals surface area contributed by atoms with Crippen LogP contribution < -0.4 is 11.1 Å². The van der Waals surface area contributed by atoms with Gasteiger partial charge in [-0.1, -0.05) is 13.3 Å². The van der Waals surface area contributed by atoms with E-state index in [2.05, 4.69) is 5.32 Å². The van der Waals surface area contributed by atoms with Gasteiger partial charge in [0.05, 0.1) is 0 Å². The average molecular weight is 287 g/mol. The summed E-state index contributed by atoms with van der Waals surface area (Å²) < 4.78 is 5.24. The maximum Gasteiger partial charge on any atom is 0.410 e. The van der Waals surface area contributed by atoms with Gasteiger partial charge in [-0.2, -0.15) is 0 Å². The molecule has 1 rings (SSSR count). The maximum atomic E-state index is 11.5. The number of carbonyl (C=O) groups excluding carboxylic acids is 2. The van der Waals surface area contributed by atoms with E-state index in [1.54, 1.807) is 4.90 Å². The molecule has 0 aliphatic carbocycles. The molecule has 0 spiro atoms. The lowest BCUT2D eigenvalue weighted by molar-refractivity contribution is -0.118. The van der Waals surface area contributed by atoms with Gasteiger partial charge in [-0.3, -0.25) is 4.79 Å². The summed E-state index contributed by atoms with van der Waals surface area (Å²) in [7, 11) is 0. The highest BCUT2D eigenvalue weighted by Gasteiger charge is 2.22. The number of unbranched alkanes of at least 4 members (excludes halogenated alkanes) is 1. The third kappa shape index (κ3) is 10.6. The minimum atomic E-state index is -0.387. The molecule has 0 aromatic heterocycles. The molecule has 1 saturated heterocycles. The molecule has 1 fully saturated rings. The minimum Gasteiger partial charge on any atom is -0.444 e. The maximum absolute atomic E-state index is 11.5. The van der Waals surface area contributed by atoms with E-state index in [-0.39, 0.29) is 17.6 Å². The van der Waals surface area contributed by atoms with Crippen LogP contribution in [0.3, 0.4) is 0 Å². The number of amides is 2. The normalized spacial score (nSPS) is 15.1. The van der Waals surface area contributed by atoms with E-state index in [1.165, 1.54) is 0 Å². The second-order valence-corrected chi connectivity index (χ2v) is 5.79. The van der Waals surface area contributed by atoms with E-state index in [0.29, 0.717) is 6.42 Å². The summed E-state index contributed by atoms with van der Waals surface area (Å²) in [6, 6.07) is 0. The van der Waals surface area contributed by atoms with Gasteiger partial charge in [0.15, 0.2) is 0 Å². The van der Waals surface area contributed by atoms with Crippen molar-refractivity contribution < 1.29 is 14.3 Å². The second-order valence-electron chi connectivity index (χ2n) is 5.79. The predicted octanol–water partition coefficient (Wildman–Crippen LogP) is 1.49. The molecule has 0 radical (unpaired) electrons. The van der Waals surface area contributed by atoms with Crippen LogP contribution in [0.2, 0.25) is 0 Å². The standard InChI is InChI=1S/C9H18N2O2.C5H11NO/c1-9(2,3)13-8(12)11-6-4-10-5-7-11;1-2-3-4-5(6)7/h10H,4-7H2,1-3H3;2-4H2,1H3,(H2,6,7). The van der Waals surface area contributed by atoms with Gasteiger partial charge >= 0.3 is 6.09 Å². The van der Waals surface area contributed by atoms with Crippen LogP contribution in [0, 0.1) is 0 Å². The van der Waals surface area contributed by atoms with Crippen molar-refractivity contribution in [2.45, 2.75) is 52.6 Å². The molecule has 0 aromatic rings. The van der Waals surface area contributed by atoms with Gasteiger partial charge in [-0.25, -0.2) is 4.79 Å². The Bertz CT molecular complexity index is 295. The number of piperazine rings is 1. The Balaban J connectivity index is 0.000000441. The van der Waals surface area contributed by atoms with E-state index in [9.17, 15) is 9.59 Å². The number of primary amides is 1. The number of hydrogen-bond donors (Lipinski definition) is 2. The number of rotatable bonds is 3. The topological polar surface area (TPSA) is 84.7 Å². The van der Waals surface area contributed by atoms with Gasteiger partial charge in [0.2, 0.25) is 5.91 Å². The van der Waals surface area contributed by atoms with Gasteiger partial charge < -0.3 is 20.7 Å². The lowest BCUT2D eigenvalue weighted by atomic mass is 10.2. The number of nitrogens with one attached hydrogen (secondary N) is 1. The zero-order valence-corrected chi connectivity index (χ0v) is 13.2. The van der Waals surface area contributed by atoms with Crippen molar-refractivity contribution in [3.05, 3.63) is 0 Å². The first kappa shape index (κ1) is 18.7. The number of hydrogen-bond acceptors (Lipinski definition) is 4. The molecule has 6 heteroatoms. The van der Waals surface area contributed by atoms with E-state index >= 15 is 0 Å². The zero-order chi connectivity index (χ0) is 15.6. The molecule has 1 heterocycles. The summed E-state index contributed by atoms with van der Waals surface area (Å²) in [6.07, 6.45) is 2.31. The van der Waals surface area contributed by atoms with Gasteiger partial charge in [-0.05, 0) is 27.2 Å². The summed E-state index contributed by atoms with van der Waals surface area (Å²) >= 11 is 0. The van der Waals surface area contributed by atoms with Crippen molar-refractivity contribution in [2.75, 3.05) is 26.2 Å². The van der Waals surface area contributed by atoms with E-state index in [0.717, 1.165) is 39.0 Å². The smallest absolute Gasteiger partial charge is 0.410 e. The second kappa shape index (κ2) is 9.58. The highest BCUT2D eigenvalue weighted by Crippen LogP contribution is 2.09. The Morgan fingerprint density at radius 2 is 1.80 bits per heavy atom. The molecule has 1 aliphatic rings. The van der Waals surface area contributed by atoms with Crippen LogP contribution in [0.5, 0.6) is 0 Å². The summed E-state index contributed by atoms with van der Waals surface area (Å²) in [5, 5.41) is 3.18. The Morgan fingerprint density at radius 1 is 1.25 bits per heavy atom. The van der Waals surface area contributed by atoms with Crippen LogP contribution in [0.15, 0.2) is 0 Å². The lowest BCUT2D eigenvalue weighted by Gasteiger charge is -2.30. The Kier molecular flexibility index (Phi) is 8.96. The number of nitrogens with two attached hydrogens (primary N) is 1. The van der Waals surface area contributed by atoms with Crippen molar-refractivity contribution in [3.8, 4) is 0 Å². The van der Waals surface area contributed by atoms with E-state index in [1.807, 2.05) is 27.7 Å². The molecule has 0 atom stereocenters.